The van der Waals surface area contributed by atoms with Crippen LogP contribution in [0.1, 0.15) is 41.5 Å². The highest BCUT2D eigenvalue weighted by molar-refractivity contribution is 7.36. The number of hydrogen-bond donors (Lipinski definition) is 2. The second kappa shape index (κ2) is 15.7. The molecule has 3 rings (SSSR count). The lowest BCUT2D eigenvalue weighted by Crippen LogP contribution is -2.59. The molecule has 2 aliphatic heterocycles. The monoisotopic (exact) mass is 657 g/mol. The SMILES string of the molecule is CC(C)=NCC(=O)OCN1C(=O)C=CN([C@@H]2O[C@H](CON([C@@H](C)C(=O)OC(C)C)[P+](=O)Oc3ccccc3)[C@@H](O)[C@@]2(C)F)C1O. The summed E-state index contributed by atoms with van der Waals surface area (Å²) in [5.74, 6) is -2.06. The predicted octanol–water partition coefficient (Wildman–Crippen LogP) is 2.03. The maximum atomic E-state index is 16.0. The van der Waals surface area contributed by atoms with Gasteiger partial charge in [0.25, 0.3) is 5.91 Å². The summed E-state index contributed by atoms with van der Waals surface area (Å²) < 4.78 is 50.6. The molecular weight excluding hydrogens is 618 g/mol. The van der Waals surface area contributed by atoms with E-state index in [2.05, 4.69) is 4.99 Å². The van der Waals surface area contributed by atoms with Gasteiger partial charge in [-0.1, -0.05) is 18.2 Å². The van der Waals surface area contributed by atoms with E-state index in [1.165, 1.54) is 19.1 Å². The van der Waals surface area contributed by atoms with Gasteiger partial charge >= 0.3 is 20.1 Å². The van der Waals surface area contributed by atoms with Crippen molar-refractivity contribution in [1.29, 1.82) is 0 Å². The number of benzene rings is 1. The summed E-state index contributed by atoms with van der Waals surface area (Å²) in [6.45, 7) is 7.45. The van der Waals surface area contributed by atoms with Crippen molar-refractivity contribution in [1.82, 2.24) is 14.6 Å². The number of halogens is 1. The van der Waals surface area contributed by atoms with E-state index in [1.54, 1.807) is 45.9 Å². The molecule has 17 heteroatoms. The zero-order valence-corrected chi connectivity index (χ0v) is 26.7. The molecule has 2 aliphatic rings. The van der Waals surface area contributed by atoms with E-state index in [1.807, 2.05) is 0 Å². The maximum Gasteiger partial charge on any atom is 0.693 e. The van der Waals surface area contributed by atoms with Gasteiger partial charge in [0.2, 0.25) is 6.35 Å². The molecule has 0 saturated carbocycles. The van der Waals surface area contributed by atoms with Crippen LogP contribution in [0.3, 0.4) is 0 Å². The number of aliphatic hydroxyl groups is 2. The lowest BCUT2D eigenvalue weighted by Gasteiger charge is -2.42. The summed E-state index contributed by atoms with van der Waals surface area (Å²) >= 11 is 0. The van der Waals surface area contributed by atoms with E-state index in [9.17, 15) is 29.2 Å². The van der Waals surface area contributed by atoms with Crippen molar-refractivity contribution in [2.24, 2.45) is 4.99 Å². The average Bonchev–Trinajstić information content (AvgIpc) is 3.19. The number of aliphatic imine (C=N–C) groups is 1. The number of hydroxylamine groups is 1. The molecule has 2 N–H and O–H groups in total. The second-order valence-corrected chi connectivity index (χ2v) is 11.9. The Labute approximate surface area is 261 Å². The molecule has 1 aromatic rings. The van der Waals surface area contributed by atoms with E-state index >= 15 is 4.39 Å². The largest absolute Gasteiger partial charge is 0.693 e. The van der Waals surface area contributed by atoms with Crippen molar-refractivity contribution in [3.05, 3.63) is 42.6 Å². The Morgan fingerprint density at radius 3 is 2.49 bits per heavy atom. The minimum Gasteiger partial charge on any atom is -0.462 e. The standard InChI is InChI=1S/C28H39FN4O11P/c1-17(2)30-14-23(35)40-16-32-22(34)12-13-31(27(32)38)26-28(6,29)24(36)21(43-26)15-41-33(19(5)25(37)42-18(3)4)45(39)44-20-10-8-7-9-11-20/h7-13,18-19,21,24,26-27,36,38H,14-16H2,1-6H3/q+1/t19-,21+,24+,26+,27?,28+/m0/s1. The summed E-state index contributed by atoms with van der Waals surface area (Å²) in [5, 5.41) is 21.8. The van der Waals surface area contributed by atoms with Crippen LogP contribution in [0.5, 0.6) is 5.75 Å². The Morgan fingerprint density at radius 1 is 1.20 bits per heavy atom. The fourth-order valence-electron chi connectivity index (χ4n) is 4.19. The van der Waals surface area contributed by atoms with Crippen LogP contribution in [0.4, 0.5) is 4.39 Å². The van der Waals surface area contributed by atoms with Gasteiger partial charge < -0.3 is 29.3 Å². The van der Waals surface area contributed by atoms with Gasteiger partial charge in [-0.05, 0) is 53.7 Å². The topological polar surface area (TPSA) is 177 Å². The van der Waals surface area contributed by atoms with Crippen LogP contribution in [0, 0.1) is 0 Å². The summed E-state index contributed by atoms with van der Waals surface area (Å²) in [6, 6.07) is 6.84. The molecule has 0 aromatic heterocycles. The second-order valence-electron chi connectivity index (χ2n) is 10.9. The minimum absolute atomic E-state index is 0.217. The summed E-state index contributed by atoms with van der Waals surface area (Å²) in [4.78, 5) is 49.0. The van der Waals surface area contributed by atoms with Gasteiger partial charge in [-0.15, -0.1) is 0 Å². The number of ether oxygens (including phenoxy) is 3. The third kappa shape index (κ3) is 9.25. The smallest absolute Gasteiger partial charge is 0.462 e. The fourth-order valence-corrected chi connectivity index (χ4v) is 5.11. The number of rotatable bonds is 14. The molecule has 1 amide bonds. The van der Waals surface area contributed by atoms with Crippen LogP contribution in [0.25, 0.3) is 0 Å². The highest BCUT2D eigenvalue weighted by atomic mass is 31.1. The zero-order chi connectivity index (χ0) is 33.5. The molecule has 15 nitrogen and oxygen atoms in total. The molecular formula is C28H39FN4O11P+. The van der Waals surface area contributed by atoms with Crippen LogP contribution in [-0.2, 0) is 38.0 Å². The lowest BCUT2D eigenvalue weighted by atomic mass is 9.98. The van der Waals surface area contributed by atoms with Crippen LogP contribution >= 0.6 is 8.18 Å². The molecule has 0 bridgehead atoms. The Morgan fingerprint density at radius 2 is 1.87 bits per heavy atom. The Balaban J connectivity index is 1.73. The first-order valence-corrected chi connectivity index (χ1v) is 15.2. The molecule has 7 atom stereocenters. The molecule has 1 fully saturated rings. The van der Waals surface area contributed by atoms with E-state index in [0.717, 1.165) is 33.8 Å². The zero-order valence-electron chi connectivity index (χ0n) is 25.8. The molecule has 45 heavy (non-hydrogen) atoms. The van der Waals surface area contributed by atoms with Crippen LogP contribution < -0.4 is 4.52 Å². The molecule has 2 unspecified atom stereocenters. The van der Waals surface area contributed by atoms with Gasteiger partial charge in [0.05, 0.1) is 10.9 Å². The van der Waals surface area contributed by atoms with Gasteiger partial charge in [-0.3, -0.25) is 24.3 Å². The highest BCUT2D eigenvalue weighted by Crippen LogP contribution is 2.40. The summed E-state index contributed by atoms with van der Waals surface area (Å²) in [7, 11) is -2.86. The van der Waals surface area contributed by atoms with Gasteiger partial charge in [0.1, 0.15) is 25.4 Å². The van der Waals surface area contributed by atoms with Gasteiger partial charge in [0.15, 0.2) is 30.4 Å². The number of alkyl halides is 1. The van der Waals surface area contributed by atoms with Crippen molar-refractivity contribution in [2.75, 3.05) is 19.9 Å². The quantitative estimate of drug-likeness (QED) is 0.129. The third-order valence-corrected chi connectivity index (χ3v) is 7.73. The molecule has 1 aromatic carbocycles. The van der Waals surface area contributed by atoms with Crippen molar-refractivity contribution < 1.29 is 57.1 Å². The molecule has 1 saturated heterocycles. The van der Waals surface area contributed by atoms with Crippen LogP contribution in [0.2, 0.25) is 0 Å². The first-order valence-electron chi connectivity index (χ1n) is 14.1. The number of esters is 2. The number of hydrogen-bond acceptors (Lipinski definition) is 13. The number of carbonyl (C=O) groups is 3. The summed E-state index contributed by atoms with van der Waals surface area (Å²) in [5.41, 5.74) is -1.91. The highest BCUT2D eigenvalue weighted by Gasteiger charge is 2.58. The third-order valence-electron chi connectivity index (χ3n) is 6.58. The van der Waals surface area contributed by atoms with E-state index < -0.39 is 82.0 Å². The predicted molar refractivity (Wildman–Crippen MR) is 156 cm³/mol. The van der Waals surface area contributed by atoms with Crippen LogP contribution in [-0.4, -0.2) is 111 Å². The number of carbonyl (C=O) groups excluding carboxylic acids is 3. The molecule has 0 aliphatic carbocycles. The van der Waals surface area contributed by atoms with Crippen LogP contribution in [0.15, 0.2) is 47.6 Å². The van der Waals surface area contributed by atoms with Crippen molar-refractivity contribution >= 4 is 31.7 Å². The first-order chi connectivity index (χ1) is 21.1. The lowest BCUT2D eigenvalue weighted by molar-refractivity contribution is -0.214. The number of para-hydroxylation sites is 1. The van der Waals surface area contributed by atoms with Gasteiger partial charge in [0, 0.05) is 22.6 Å². The number of aliphatic hydroxyl groups excluding tert-OH is 2. The normalized spacial score (nSPS) is 25.8. The fraction of sp³-hybridized carbons (Fsp3) is 0.571. The minimum atomic E-state index is -2.86. The number of nitrogens with zero attached hydrogens (tertiary/aromatic N) is 4. The van der Waals surface area contributed by atoms with Gasteiger partial charge in [-0.2, -0.15) is 0 Å². The van der Waals surface area contributed by atoms with Crippen molar-refractivity contribution in [2.45, 2.75) is 84.1 Å². The Bertz CT molecular complexity index is 1280. The number of amides is 1. The van der Waals surface area contributed by atoms with Crippen molar-refractivity contribution in [3.63, 3.8) is 0 Å². The van der Waals surface area contributed by atoms with E-state index in [0.29, 0.717) is 5.71 Å². The molecule has 0 radical (unpaired) electrons. The van der Waals surface area contributed by atoms with E-state index in [-0.39, 0.29) is 12.3 Å². The maximum absolute atomic E-state index is 16.0. The average molecular weight is 658 g/mol. The van der Waals surface area contributed by atoms with Gasteiger partial charge in [-0.25, -0.2) is 13.7 Å². The molecule has 0 spiro atoms. The Kier molecular flexibility index (Phi) is 12.5. The van der Waals surface area contributed by atoms with Crippen molar-refractivity contribution in [3.8, 4) is 5.75 Å². The molecule has 2 heterocycles. The van der Waals surface area contributed by atoms with E-state index in [4.69, 9.17) is 23.6 Å². The summed E-state index contributed by atoms with van der Waals surface area (Å²) in [6.07, 6.45) is -5.20. The Hall–Kier alpha value is -3.53. The molecule has 248 valence electrons. The first kappa shape index (κ1) is 35.9.